The molecule has 0 aromatic heterocycles. The summed E-state index contributed by atoms with van der Waals surface area (Å²) in [5, 5.41) is 3.11. The predicted molar refractivity (Wildman–Crippen MR) is 74.6 cm³/mol. The molecule has 3 unspecified atom stereocenters. The van der Waals surface area contributed by atoms with E-state index in [0.717, 1.165) is 37.9 Å². The first-order valence-corrected chi connectivity index (χ1v) is 7.34. The Labute approximate surface area is 122 Å². The van der Waals surface area contributed by atoms with Crippen molar-refractivity contribution in [2.24, 2.45) is 11.8 Å². The van der Waals surface area contributed by atoms with Crippen molar-refractivity contribution in [1.82, 2.24) is 5.32 Å². The van der Waals surface area contributed by atoms with Crippen molar-refractivity contribution in [3.05, 3.63) is 35.1 Å². The van der Waals surface area contributed by atoms with E-state index in [4.69, 9.17) is 0 Å². The smallest absolute Gasteiger partial charge is 0.319 e. The fourth-order valence-corrected chi connectivity index (χ4v) is 3.35. The van der Waals surface area contributed by atoms with Crippen LogP contribution in [0.3, 0.4) is 0 Å². The van der Waals surface area contributed by atoms with Crippen LogP contribution in [0.5, 0.6) is 0 Å². The van der Waals surface area contributed by atoms with Gasteiger partial charge in [-0.25, -0.2) is 4.39 Å². The molecule has 0 spiro atoms. The lowest BCUT2D eigenvalue weighted by Crippen LogP contribution is -2.30. The van der Waals surface area contributed by atoms with Crippen molar-refractivity contribution in [3.63, 3.8) is 0 Å². The number of nitrogens with one attached hydrogen (secondary N) is 1. The van der Waals surface area contributed by atoms with Crippen LogP contribution in [0.25, 0.3) is 0 Å². The van der Waals surface area contributed by atoms with Gasteiger partial charge >= 0.3 is 6.18 Å². The zero-order valence-electron chi connectivity index (χ0n) is 12.3. The predicted octanol–water partition coefficient (Wildman–Crippen LogP) is 4.58. The summed E-state index contributed by atoms with van der Waals surface area (Å²) in [6, 6.07) is 3.46. The van der Waals surface area contributed by atoms with E-state index in [-0.39, 0.29) is 5.92 Å². The van der Waals surface area contributed by atoms with E-state index in [1.165, 1.54) is 6.07 Å². The molecule has 1 aliphatic rings. The van der Waals surface area contributed by atoms with Gasteiger partial charge in [-0.2, -0.15) is 13.2 Å². The van der Waals surface area contributed by atoms with Gasteiger partial charge in [-0.1, -0.05) is 19.4 Å². The Morgan fingerprint density at radius 1 is 1.24 bits per heavy atom. The topological polar surface area (TPSA) is 12.0 Å². The van der Waals surface area contributed by atoms with Crippen molar-refractivity contribution in [2.45, 2.75) is 38.3 Å². The number of halogens is 4. The largest absolute Gasteiger partial charge is 0.419 e. The summed E-state index contributed by atoms with van der Waals surface area (Å²) >= 11 is 0. The lowest BCUT2D eigenvalue weighted by Gasteiger charge is -2.35. The average molecular weight is 303 g/mol. The number of benzene rings is 1. The minimum Gasteiger partial charge on any atom is -0.319 e. The second kappa shape index (κ2) is 6.34. The van der Waals surface area contributed by atoms with Crippen LogP contribution in [0.1, 0.15) is 43.2 Å². The molecule has 1 aliphatic carbocycles. The Balaban J connectivity index is 2.34. The van der Waals surface area contributed by atoms with Crippen LogP contribution in [0, 0.1) is 17.7 Å². The van der Waals surface area contributed by atoms with Gasteiger partial charge in [0.1, 0.15) is 5.82 Å². The van der Waals surface area contributed by atoms with E-state index in [9.17, 15) is 17.6 Å². The van der Waals surface area contributed by atoms with Gasteiger partial charge in [-0.15, -0.1) is 0 Å². The molecule has 0 bridgehead atoms. The summed E-state index contributed by atoms with van der Waals surface area (Å²) < 4.78 is 52.0. The Morgan fingerprint density at radius 2 is 1.95 bits per heavy atom. The third-order valence-electron chi connectivity index (χ3n) is 4.45. The van der Waals surface area contributed by atoms with Gasteiger partial charge in [-0.05, 0) is 61.9 Å². The van der Waals surface area contributed by atoms with Crippen LogP contribution in [0.4, 0.5) is 17.6 Å². The zero-order valence-corrected chi connectivity index (χ0v) is 12.3. The van der Waals surface area contributed by atoms with Gasteiger partial charge in [0.15, 0.2) is 0 Å². The van der Waals surface area contributed by atoms with Crippen molar-refractivity contribution < 1.29 is 17.6 Å². The van der Waals surface area contributed by atoms with Gasteiger partial charge in [0, 0.05) is 0 Å². The number of hydrogen-bond donors (Lipinski definition) is 1. The standard InChI is InChI=1S/C16H21F4N/c1-10-3-4-12(9-21-2)13(7-10)11-5-6-15(17)14(8-11)16(18,19)20/h5-6,8,10,12-13,21H,3-4,7,9H2,1-2H3. The van der Waals surface area contributed by atoms with E-state index in [2.05, 4.69) is 12.2 Å². The molecule has 1 N–H and O–H groups in total. The molecule has 0 radical (unpaired) electrons. The lowest BCUT2D eigenvalue weighted by atomic mass is 9.71. The zero-order chi connectivity index (χ0) is 15.6. The Morgan fingerprint density at radius 3 is 2.57 bits per heavy atom. The maximum absolute atomic E-state index is 13.4. The van der Waals surface area contributed by atoms with Gasteiger partial charge in [-0.3, -0.25) is 0 Å². The molecule has 21 heavy (non-hydrogen) atoms. The fourth-order valence-electron chi connectivity index (χ4n) is 3.35. The molecule has 0 heterocycles. The second-order valence-electron chi connectivity index (χ2n) is 6.08. The summed E-state index contributed by atoms with van der Waals surface area (Å²) in [6.45, 7) is 2.90. The first kappa shape index (κ1) is 16.3. The summed E-state index contributed by atoms with van der Waals surface area (Å²) in [5.41, 5.74) is -0.544. The van der Waals surface area contributed by atoms with E-state index in [1.54, 1.807) is 0 Å². The third-order valence-corrected chi connectivity index (χ3v) is 4.45. The molecule has 2 rings (SSSR count). The van der Waals surface area contributed by atoms with Gasteiger partial charge in [0.05, 0.1) is 5.56 Å². The highest BCUT2D eigenvalue weighted by Gasteiger charge is 2.36. The highest BCUT2D eigenvalue weighted by molar-refractivity contribution is 5.30. The minimum absolute atomic E-state index is 0.0582. The third kappa shape index (κ3) is 3.76. The van der Waals surface area contributed by atoms with E-state index in [1.807, 2.05) is 7.05 Å². The molecule has 1 saturated carbocycles. The van der Waals surface area contributed by atoms with Crippen LogP contribution in [-0.4, -0.2) is 13.6 Å². The van der Waals surface area contributed by atoms with E-state index in [0.29, 0.717) is 17.4 Å². The molecule has 1 aromatic carbocycles. The van der Waals surface area contributed by atoms with Gasteiger partial charge < -0.3 is 5.32 Å². The second-order valence-corrected chi connectivity index (χ2v) is 6.08. The monoisotopic (exact) mass is 303 g/mol. The fraction of sp³-hybridized carbons (Fsp3) is 0.625. The quantitative estimate of drug-likeness (QED) is 0.806. The highest BCUT2D eigenvalue weighted by atomic mass is 19.4. The van der Waals surface area contributed by atoms with E-state index < -0.39 is 17.6 Å². The lowest BCUT2D eigenvalue weighted by molar-refractivity contribution is -0.140. The highest BCUT2D eigenvalue weighted by Crippen LogP contribution is 2.42. The number of hydrogen-bond acceptors (Lipinski definition) is 1. The van der Waals surface area contributed by atoms with Crippen LogP contribution in [0.15, 0.2) is 18.2 Å². The molecule has 0 saturated heterocycles. The van der Waals surface area contributed by atoms with Gasteiger partial charge in [0.25, 0.3) is 0 Å². The molecule has 1 fully saturated rings. The average Bonchev–Trinajstić information content (AvgIpc) is 2.40. The molecular formula is C16H21F4N. The van der Waals surface area contributed by atoms with Crippen molar-refractivity contribution >= 4 is 0 Å². The summed E-state index contributed by atoms with van der Waals surface area (Å²) in [5.74, 6) is -0.344. The number of alkyl halides is 3. The SMILES string of the molecule is CNCC1CCC(C)CC1c1ccc(F)c(C(F)(F)F)c1. The molecular weight excluding hydrogens is 282 g/mol. The number of rotatable bonds is 3. The Kier molecular flexibility index (Phi) is 4.91. The molecule has 0 aliphatic heterocycles. The minimum atomic E-state index is -4.64. The van der Waals surface area contributed by atoms with Crippen LogP contribution >= 0.6 is 0 Å². The van der Waals surface area contributed by atoms with Crippen molar-refractivity contribution in [3.8, 4) is 0 Å². The summed E-state index contributed by atoms with van der Waals surface area (Å²) in [7, 11) is 1.85. The summed E-state index contributed by atoms with van der Waals surface area (Å²) in [6.07, 6.45) is -1.70. The first-order chi connectivity index (χ1) is 9.82. The first-order valence-electron chi connectivity index (χ1n) is 7.34. The summed E-state index contributed by atoms with van der Waals surface area (Å²) in [4.78, 5) is 0. The Hall–Kier alpha value is -1.10. The molecule has 0 amide bonds. The molecule has 1 aromatic rings. The van der Waals surface area contributed by atoms with Crippen LogP contribution < -0.4 is 5.32 Å². The molecule has 1 nitrogen and oxygen atoms in total. The van der Waals surface area contributed by atoms with Crippen molar-refractivity contribution in [2.75, 3.05) is 13.6 Å². The molecule has 3 atom stereocenters. The van der Waals surface area contributed by atoms with E-state index >= 15 is 0 Å². The maximum Gasteiger partial charge on any atom is 0.419 e. The van der Waals surface area contributed by atoms with Crippen molar-refractivity contribution in [1.29, 1.82) is 0 Å². The van der Waals surface area contributed by atoms with Crippen LogP contribution in [0.2, 0.25) is 0 Å². The normalized spacial score (nSPS) is 26.9. The van der Waals surface area contributed by atoms with Gasteiger partial charge in [0.2, 0.25) is 0 Å². The molecule has 118 valence electrons. The Bertz CT molecular complexity index is 484. The maximum atomic E-state index is 13.4. The molecule has 5 heteroatoms. The van der Waals surface area contributed by atoms with Crippen LogP contribution in [-0.2, 0) is 6.18 Å².